The van der Waals surface area contributed by atoms with E-state index in [9.17, 15) is 9.59 Å². The molecule has 0 spiro atoms. The quantitative estimate of drug-likeness (QED) is 0.275. The Kier molecular flexibility index (Phi) is 7.32. The number of carbonyl (C=O) groups excluding carboxylic acids is 1. The molecule has 0 aliphatic carbocycles. The molecular formula is C19H23ClO4. The Labute approximate surface area is 146 Å². The van der Waals surface area contributed by atoms with Crippen LogP contribution in [-0.4, -0.2) is 12.6 Å². The molecule has 2 aromatic rings. The summed E-state index contributed by atoms with van der Waals surface area (Å²) in [6.07, 6.45) is 6.64. The van der Waals surface area contributed by atoms with Crippen molar-refractivity contribution in [1.82, 2.24) is 0 Å². The molecule has 0 radical (unpaired) electrons. The monoisotopic (exact) mass is 350 g/mol. The van der Waals surface area contributed by atoms with Crippen molar-refractivity contribution in [3.8, 4) is 0 Å². The number of halogens is 1. The van der Waals surface area contributed by atoms with E-state index in [1.165, 1.54) is 25.3 Å². The minimum atomic E-state index is -0.672. The lowest BCUT2D eigenvalue weighted by Gasteiger charge is -2.05. The van der Waals surface area contributed by atoms with Crippen LogP contribution < -0.4 is 5.63 Å². The van der Waals surface area contributed by atoms with Gasteiger partial charge in [-0.2, -0.15) is 0 Å². The van der Waals surface area contributed by atoms with Crippen LogP contribution in [0.25, 0.3) is 11.0 Å². The average molecular weight is 351 g/mol. The summed E-state index contributed by atoms with van der Waals surface area (Å²) < 4.78 is 10.4. The van der Waals surface area contributed by atoms with Crippen LogP contribution in [0.15, 0.2) is 33.5 Å². The van der Waals surface area contributed by atoms with Crippen LogP contribution in [0, 0.1) is 0 Å². The Bertz CT molecular complexity index is 736. The summed E-state index contributed by atoms with van der Waals surface area (Å²) >= 11 is 5.81. The van der Waals surface area contributed by atoms with Gasteiger partial charge < -0.3 is 9.15 Å². The normalized spacial score (nSPS) is 10.9. The lowest BCUT2D eigenvalue weighted by molar-refractivity contribution is 0.0493. The lowest BCUT2D eigenvalue weighted by Crippen LogP contribution is -2.17. The van der Waals surface area contributed by atoms with Crippen molar-refractivity contribution < 1.29 is 13.9 Å². The number of alkyl halides is 1. The molecule has 0 unspecified atom stereocenters. The number of fused-ring (bicyclic) bond motifs is 1. The number of esters is 1. The van der Waals surface area contributed by atoms with E-state index in [2.05, 4.69) is 6.92 Å². The van der Waals surface area contributed by atoms with Gasteiger partial charge in [-0.05, 0) is 30.2 Å². The van der Waals surface area contributed by atoms with Crippen molar-refractivity contribution in [3.05, 3.63) is 45.8 Å². The second kappa shape index (κ2) is 9.48. The van der Waals surface area contributed by atoms with Crippen molar-refractivity contribution in [2.24, 2.45) is 0 Å². The molecule has 130 valence electrons. The largest absolute Gasteiger partial charge is 0.462 e. The van der Waals surface area contributed by atoms with Crippen LogP contribution in [-0.2, 0) is 10.6 Å². The highest BCUT2D eigenvalue weighted by molar-refractivity contribution is 6.17. The summed E-state index contributed by atoms with van der Waals surface area (Å²) in [4.78, 5) is 24.0. The highest BCUT2D eigenvalue weighted by Gasteiger charge is 2.15. The van der Waals surface area contributed by atoms with Gasteiger partial charge in [0, 0.05) is 11.3 Å². The van der Waals surface area contributed by atoms with Crippen molar-refractivity contribution in [1.29, 1.82) is 0 Å². The zero-order valence-corrected chi connectivity index (χ0v) is 14.7. The third kappa shape index (κ3) is 5.10. The molecule has 0 aliphatic heterocycles. The standard InChI is InChI=1S/C19H23ClO4/c1-2-3-4-5-6-7-10-23-18(21)16-12-15-11-14(13-20)8-9-17(15)24-19(16)22/h8-9,11-12H,2-7,10,13H2,1H3. The fourth-order valence-corrected chi connectivity index (χ4v) is 2.69. The van der Waals surface area contributed by atoms with E-state index in [0.717, 1.165) is 24.8 Å². The number of ether oxygens (including phenoxy) is 1. The minimum absolute atomic E-state index is 0.0693. The molecule has 5 heteroatoms. The van der Waals surface area contributed by atoms with Gasteiger partial charge in [0.2, 0.25) is 0 Å². The molecule has 0 bridgehead atoms. The van der Waals surface area contributed by atoms with E-state index in [4.69, 9.17) is 20.8 Å². The van der Waals surface area contributed by atoms with Crippen LogP contribution in [0.2, 0.25) is 0 Å². The van der Waals surface area contributed by atoms with Gasteiger partial charge in [0.25, 0.3) is 0 Å². The van der Waals surface area contributed by atoms with E-state index in [1.54, 1.807) is 18.2 Å². The van der Waals surface area contributed by atoms with Gasteiger partial charge in [-0.3, -0.25) is 0 Å². The molecule has 0 saturated heterocycles. The summed E-state index contributed by atoms with van der Waals surface area (Å²) in [7, 11) is 0. The Morgan fingerprint density at radius 3 is 2.62 bits per heavy atom. The fourth-order valence-electron chi connectivity index (χ4n) is 2.52. The predicted octanol–water partition coefficient (Wildman–Crippen LogP) is 5.05. The Morgan fingerprint density at radius 1 is 1.12 bits per heavy atom. The first-order valence-electron chi connectivity index (χ1n) is 8.45. The van der Waals surface area contributed by atoms with Crippen molar-refractivity contribution in [2.75, 3.05) is 6.61 Å². The Hall–Kier alpha value is -1.81. The van der Waals surface area contributed by atoms with Gasteiger partial charge in [-0.1, -0.05) is 45.1 Å². The van der Waals surface area contributed by atoms with E-state index >= 15 is 0 Å². The van der Waals surface area contributed by atoms with Crippen LogP contribution in [0.1, 0.15) is 61.4 Å². The van der Waals surface area contributed by atoms with Crippen molar-refractivity contribution >= 4 is 28.5 Å². The highest BCUT2D eigenvalue weighted by atomic mass is 35.5. The molecule has 0 N–H and O–H groups in total. The Morgan fingerprint density at radius 2 is 1.88 bits per heavy atom. The first-order chi connectivity index (χ1) is 11.7. The maximum Gasteiger partial charge on any atom is 0.351 e. The number of hydrogen-bond donors (Lipinski definition) is 0. The molecule has 4 nitrogen and oxygen atoms in total. The topological polar surface area (TPSA) is 56.5 Å². The summed E-state index contributed by atoms with van der Waals surface area (Å²) in [5.74, 6) is -0.275. The molecule has 0 fully saturated rings. The molecule has 1 aromatic heterocycles. The van der Waals surface area contributed by atoms with E-state index < -0.39 is 11.6 Å². The number of hydrogen-bond acceptors (Lipinski definition) is 4. The van der Waals surface area contributed by atoms with Gasteiger partial charge >= 0.3 is 11.6 Å². The van der Waals surface area contributed by atoms with E-state index in [-0.39, 0.29) is 5.56 Å². The maximum atomic E-state index is 12.1. The molecule has 0 saturated carbocycles. The lowest BCUT2D eigenvalue weighted by atomic mass is 10.1. The molecule has 2 rings (SSSR count). The van der Waals surface area contributed by atoms with Crippen molar-refractivity contribution in [3.63, 3.8) is 0 Å². The third-order valence-electron chi connectivity index (χ3n) is 3.90. The first-order valence-corrected chi connectivity index (χ1v) is 8.99. The second-order valence-corrected chi connectivity index (χ2v) is 6.12. The maximum absolute atomic E-state index is 12.1. The molecule has 1 aromatic carbocycles. The number of unbranched alkanes of at least 4 members (excludes halogenated alkanes) is 5. The van der Waals surface area contributed by atoms with Gasteiger partial charge in [0.15, 0.2) is 0 Å². The van der Waals surface area contributed by atoms with Crippen LogP contribution in [0.5, 0.6) is 0 Å². The average Bonchev–Trinajstić information content (AvgIpc) is 2.59. The second-order valence-electron chi connectivity index (χ2n) is 5.86. The molecular weight excluding hydrogens is 328 g/mol. The molecule has 0 amide bonds. The number of carbonyl (C=O) groups is 1. The van der Waals surface area contributed by atoms with Gasteiger partial charge in [-0.15, -0.1) is 11.6 Å². The SMILES string of the molecule is CCCCCCCCOC(=O)c1cc2cc(CCl)ccc2oc1=O. The Balaban J connectivity index is 1.96. The highest BCUT2D eigenvalue weighted by Crippen LogP contribution is 2.17. The van der Waals surface area contributed by atoms with E-state index in [1.807, 2.05) is 0 Å². The molecule has 0 atom stereocenters. The summed E-state index contributed by atoms with van der Waals surface area (Å²) in [6.45, 7) is 2.50. The van der Waals surface area contributed by atoms with Crippen LogP contribution >= 0.6 is 11.6 Å². The van der Waals surface area contributed by atoms with Gasteiger partial charge in [0.1, 0.15) is 11.1 Å². The zero-order valence-electron chi connectivity index (χ0n) is 14.0. The first kappa shape index (κ1) is 18.5. The van der Waals surface area contributed by atoms with Crippen LogP contribution in [0.3, 0.4) is 0 Å². The number of benzene rings is 1. The summed E-state index contributed by atoms with van der Waals surface area (Å²) in [6, 6.07) is 6.78. The molecule has 0 aliphatic rings. The van der Waals surface area contributed by atoms with Gasteiger partial charge in [-0.25, -0.2) is 9.59 Å². The summed E-state index contributed by atoms with van der Waals surface area (Å²) in [5, 5.41) is 0.666. The zero-order chi connectivity index (χ0) is 17.4. The third-order valence-corrected chi connectivity index (χ3v) is 4.21. The predicted molar refractivity (Wildman–Crippen MR) is 95.7 cm³/mol. The molecule has 1 heterocycles. The van der Waals surface area contributed by atoms with Crippen LogP contribution in [0.4, 0.5) is 0 Å². The van der Waals surface area contributed by atoms with Crippen molar-refractivity contribution in [2.45, 2.75) is 51.3 Å². The number of rotatable bonds is 9. The smallest absolute Gasteiger partial charge is 0.351 e. The fraction of sp³-hybridized carbons (Fsp3) is 0.474. The van der Waals surface area contributed by atoms with E-state index in [0.29, 0.717) is 23.5 Å². The molecule has 24 heavy (non-hydrogen) atoms. The minimum Gasteiger partial charge on any atom is -0.462 e. The summed E-state index contributed by atoms with van der Waals surface area (Å²) in [5.41, 5.74) is 0.583. The van der Waals surface area contributed by atoms with Gasteiger partial charge in [0.05, 0.1) is 6.61 Å².